The summed E-state index contributed by atoms with van der Waals surface area (Å²) in [4.78, 5) is 43.0. The molecule has 0 spiro atoms. The highest BCUT2D eigenvalue weighted by molar-refractivity contribution is 6.34. The molecule has 0 atom stereocenters. The van der Waals surface area contributed by atoms with Crippen molar-refractivity contribution in [3.8, 4) is 0 Å². The third-order valence-corrected chi connectivity index (χ3v) is 5.39. The lowest BCUT2D eigenvalue weighted by atomic mass is 10.1. The normalized spacial score (nSPS) is 17.1. The molecule has 31 heavy (non-hydrogen) atoms. The zero-order chi connectivity index (χ0) is 22.2. The lowest BCUT2D eigenvalue weighted by Gasteiger charge is -2.35. The molecule has 0 aromatic heterocycles. The first-order valence-corrected chi connectivity index (χ1v) is 10.5. The quantitative estimate of drug-likeness (QED) is 0.709. The first kappa shape index (κ1) is 21.1. The SMILES string of the molecule is CC(C)(C)OC(=O)N1CCN(Cc2cccc(N3C(=O)c4ccccc4C3=O)c2)CC1. The van der Waals surface area contributed by atoms with Gasteiger partial charge < -0.3 is 9.64 Å². The molecule has 2 aromatic rings. The molecule has 0 unspecified atom stereocenters. The van der Waals surface area contributed by atoms with Crippen LogP contribution in [0.3, 0.4) is 0 Å². The summed E-state index contributed by atoms with van der Waals surface area (Å²) in [5, 5.41) is 0. The highest BCUT2D eigenvalue weighted by Gasteiger charge is 2.36. The van der Waals surface area contributed by atoms with Crippen LogP contribution in [0.1, 0.15) is 47.1 Å². The Balaban J connectivity index is 1.40. The largest absolute Gasteiger partial charge is 0.444 e. The van der Waals surface area contributed by atoms with Crippen LogP contribution < -0.4 is 4.90 Å². The van der Waals surface area contributed by atoms with E-state index < -0.39 is 5.60 Å². The van der Waals surface area contributed by atoms with Crippen LogP contribution >= 0.6 is 0 Å². The fraction of sp³-hybridized carbons (Fsp3) is 0.375. The molecule has 4 rings (SSSR count). The molecule has 0 N–H and O–H groups in total. The van der Waals surface area contributed by atoms with E-state index in [1.165, 1.54) is 4.90 Å². The summed E-state index contributed by atoms with van der Waals surface area (Å²) >= 11 is 0. The van der Waals surface area contributed by atoms with Gasteiger partial charge in [0.1, 0.15) is 5.60 Å². The van der Waals surface area contributed by atoms with Crippen molar-refractivity contribution in [3.63, 3.8) is 0 Å². The molecular formula is C24H27N3O4. The number of rotatable bonds is 3. The molecule has 0 aliphatic carbocycles. The van der Waals surface area contributed by atoms with Crippen molar-refractivity contribution >= 4 is 23.6 Å². The van der Waals surface area contributed by atoms with Gasteiger partial charge in [-0.05, 0) is 50.6 Å². The lowest BCUT2D eigenvalue weighted by molar-refractivity contribution is 0.0139. The lowest BCUT2D eigenvalue weighted by Crippen LogP contribution is -2.49. The summed E-state index contributed by atoms with van der Waals surface area (Å²) in [6.45, 7) is 8.94. The van der Waals surface area contributed by atoms with Crippen LogP contribution in [0.4, 0.5) is 10.5 Å². The second-order valence-corrected chi connectivity index (χ2v) is 8.90. The van der Waals surface area contributed by atoms with Gasteiger partial charge in [0.05, 0.1) is 16.8 Å². The Bertz CT molecular complexity index is 984. The molecular weight excluding hydrogens is 394 g/mol. The molecule has 2 heterocycles. The Morgan fingerprint density at radius 1 is 0.903 bits per heavy atom. The molecule has 2 aromatic carbocycles. The van der Waals surface area contributed by atoms with E-state index in [-0.39, 0.29) is 17.9 Å². The Hall–Kier alpha value is -3.19. The number of imide groups is 1. The van der Waals surface area contributed by atoms with Crippen LogP contribution in [0.25, 0.3) is 0 Å². The maximum Gasteiger partial charge on any atom is 0.410 e. The monoisotopic (exact) mass is 421 g/mol. The second-order valence-electron chi connectivity index (χ2n) is 8.90. The number of carbonyl (C=O) groups excluding carboxylic acids is 3. The number of fused-ring (bicyclic) bond motifs is 1. The van der Waals surface area contributed by atoms with Gasteiger partial charge in [-0.1, -0.05) is 24.3 Å². The molecule has 2 aliphatic heterocycles. The van der Waals surface area contributed by atoms with Crippen LogP contribution in [-0.2, 0) is 11.3 Å². The third kappa shape index (κ3) is 4.46. The maximum absolute atomic E-state index is 12.8. The minimum Gasteiger partial charge on any atom is -0.444 e. The summed E-state index contributed by atoms with van der Waals surface area (Å²) in [5.74, 6) is -0.576. The predicted molar refractivity (Wildman–Crippen MR) is 117 cm³/mol. The van der Waals surface area contributed by atoms with Gasteiger partial charge in [-0.2, -0.15) is 0 Å². The van der Waals surface area contributed by atoms with Gasteiger partial charge in [-0.15, -0.1) is 0 Å². The number of amides is 3. The van der Waals surface area contributed by atoms with Crippen LogP contribution in [0, 0.1) is 0 Å². The van der Waals surface area contributed by atoms with Crippen LogP contribution in [0.15, 0.2) is 48.5 Å². The summed E-state index contributed by atoms with van der Waals surface area (Å²) < 4.78 is 5.45. The van der Waals surface area contributed by atoms with Gasteiger partial charge in [-0.3, -0.25) is 14.5 Å². The third-order valence-electron chi connectivity index (χ3n) is 5.39. The maximum atomic E-state index is 12.8. The van der Waals surface area contributed by atoms with Crippen molar-refractivity contribution in [2.24, 2.45) is 0 Å². The van der Waals surface area contributed by atoms with E-state index >= 15 is 0 Å². The fourth-order valence-corrected chi connectivity index (χ4v) is 3.89. The number of carbonyl (C=O) groups is 3. The van der Waals surface area contributed by atoms with Crippen molar-refractivity contribution in [1.29, 1.82) is 0 Å². The van der Waals surface area contributed by atoms with E-state index in [0.29, 0.717) is 36.4 Å². The van der Waals surface area contributed by atoms with Crippen LogP contribution in [0.5, 0.6) is 0 Å². The van der Waals surface area contributed by atoms with Gasteiger partial charge >= 0.3 is 6.09 Å². The van der Waals surface area contributed by atoms with Gasteiger partial charge in [0.25, 0.3) is 11.8 Å². The zero-order valence-corrected chi connectivity index (χ0v) is 18.1. The van der Waals surface area contributed by atoms with E-state index in [2.05, 4.69) is 4.90 Å². The second kappa shape index (κ2) is 8.15. The topological polar surface area (TPSA) is 70.2 Å². The summed E-state index contributed by atoms with van der Waals surface area (Å²) in [5.41, 5.74) is 1.97. The minimum atomic E-state index is -0.501. The number of hydrogen-bond acceptors (Lipinski definition) is 5. The molecule has 0 saturated carbocycles. The summed E-state index contributed by atoms with van der Waals surface area (Å²) in [7, 11) is 0. The molecule has 2 aliphatic rings. The van der Waals surface area contributed by atoms with Crippen molar-refractivity contribution in [2.45, 2.75) is 32.9 Å². The van der Waals surface area contributed by atoms with E-state index in [1.54, 1.807) is 35.2 Å². The van der Waals surface area contributed by atoms with Crippen molar-refractivity contribution in [2.75, 3.05) is 31.1 Å². The molecule has 3 amide bonds. The molecule has 1 fully saturated rings. The first-order chi connectivity index (χ1) is 14.7. The Kier molecular flexibility index (Phi) is 5.54. The number of hydrogen-bond donors (Lipinski definition) is 0. The van der Waals surface area contributed by atoms with Crippen molar-refractivity contribution < 1.29 is 19.1 Å². The first-order valence-electron chi connectivity index (χ1n) is 10.5. The van der Waals surface area contributed by atoms with E-state index in [4.69, 9.17) is 4.74 Å². The van der Waals surface area contributed by atoms with Crippen molar-refractivity contribution in [1.82, 2.24) is 9.80 Å². The number of ether oxygens (including phenoxy) is 1. The average molecular weight is 421 g/mol. The molecule has 0 bridgehead atoms. The molecule has 0 radical (unpaired) electrons. The highest BCUT2D eigenvalue weighted by atomic mass is 16.6. The van der Waals surface area contributed by atoms with E-state index in [1.807, 2.05) is 39.0 Å². The van der Waals surface area contributed by atoms with Gasteiger partial charge in [-0.25, -0.2) is 9.69 Å². The standard InChI is InChI=1S/C24H27N3O4/c1-24(2,3)31-23(30)26-13-11-25(12-14-26)16-17-7-6-8-18(15-17)27-21(28)19-9-4-5-10-20(19)22(27)29/h4-10,15H,11-14,16H2,1-3H3. The Labute approximate surface area is 182 Å². The summed E-state index contributed by atoms with van der Waals surface area (Å²) in [6.07, 6.45) is -0.278. The number of benzene rings is 2. The summed E-state index contributed by atoms with van der Waals surface area (Å²) in [6, 6.07) is 14.4. The average Bonchev–Trinajstić information content (AvgIpc) is 2.98. The molecule has 7 heteroatoms. The van der Waals surface area contributed by atoms with Gasteiger partial charge in [0, 0.05) is 32.7 Å². The van der Waals surface area contributed by atoms with Crippen LogP contribution in [-0.4, -0.2) is 59.5 Å². The van der Waals surface area contributed by atoms with E-state index in [9.17, 15) is 14.4 Å². The smallest absolute Gasteiger partial charge is 0.410 e. The Morgan fingerprint density at radius 3 is 2.10 bits per heavy atom. The highest BCUT2D eigenvalue weighted by Crippen LogP contribution is 2.29. The van der Waals surface area contributed by atoms with Crippen LogP contribution in [0.2, 0.25) is 0 Å². The van der Waals surface area contributed by atoms with E-state index in [0.717, 1.165) is 18.7 Å². The van der Waals surface area contributed by atoms with Gasteiger partial charge in [0.15, 0.2) is 0 Å². The fourth-order valence-electron chi connectivity index (χ4n) is 3.89. The minimum absolute atomic E-state index is 0.278. The molecule has 1 saturated heterocycles. The van der Waals surface area contributed by atoms with Gasteiger partial charge in [0.2, 0.25) is 0 Å². The number of piperazine rings is 1. The zero-order valence-electron chi connectivity index (χ0n) is 18.1. The number of nitrogens with zero attached hydrogens (tertiary/aromatic N) is 3. The van der Waals surface area contributed by atoms with Crippen molar-refractivity contribution in [3.05, 3.63) is 65.2 Å². The predicted octanol–water partition coefficient (Wildman–Crippen LogP) is 3.54. The molecule has 7 nitrogen and oxygen atoms in total. The number of anilines is 1. The molecule has 162 valence electrons. The Morgan fingerprint density at radius 2 is 1.52 bits per heavy atom.